The van der Waals surface area contributed by atoms with Crippen molar-refractivity contribution < 1.29 is 5.11 Å². The summed E-state index contributed by atoms with van der Waals surface area (Å²) < 4.78 is 0. The Kier molecular flexibility index (Phi) is 3.34. The molecule has 1 N–H and O–H groups in total. The lowest BCUT2D eigenvalue weighted by molar-refractivity contribution is 0.201. The fourth-order valence-electron chi connectivity index (χ4n) is 1.26. The first-order valence-electron chi connectivity index (χ1n) is 4.49. The molecule has 1 aromatic carbocycles. The summed E-state index contributed by atoms with van der Waals surface area (Å²) in [6.45, 7) is 4.30. The van der Waals surface area contributed by atoms with Crippen molar-refractivity contribution in [3.8, 4) is 0 Å². The minimum atomic E-state index is -0.134. The largest absolute Gasteiger partial charge is 0.395 e. The van der Waals surface area contributed by atoms with Crippen molar-refractivity contribution in [2.75, 3.05) is 6.61 Å². The third-order valence-electron chi connectivity index (χ3n) is 2.67. The summed E-state index contributed by atoms with van der Waals surface area (Å²) in [4.78, 5) is 0. The fraction of sp³-hybridized carbons (Fsp3) is 0.455. The van der Waals surface area contributed by atoms with Crippen LogP contribution >= 0.6 is 11.6 Å². The van der Waals surface area contributed by atoms with Crippen LogP contribution in [0.4, 0.5) is 0 Å². The van der Waals surface area contributed by atoms with Crippen molar-refractivity contribution in [2.24, 2.45) is 0 Å². The average molecular weight is 199 g/mol. The normalized spacial score (nSPS) is 15.4. The molecule has 0 bridgehead atoms. The quantitative estimate of drug-likeness (QED) is 0.792. The van der Waals surface area contributed by atoms with E-state index in [2.05, 4.69) is 13.8 Å². The molecule has 0 aliphatic rings. The highest BCUT2D eigenvalue weighted by Gasteiger charge is 2.22. The van der Waals surface area contributed by atoms with E-state index in [9.17, 15) is 5.11 Å². The summed E-state index contributed by atoms with van der Waals surface area (Å²) >= 11 is 5.79. The van der Waals surface area contributed by atoms with Crippen LogP contribution in [-0.4, -0.2) is 11.7 Å². The summed E-state index contributed by atoms with van der Waals surface area (Å²) in [6, 6.07) is 7.67. The molecular weight excluding hydrogens is 184 g/mol. The van der Waals surface area contributed by atoms with Crippen LogP contribution < -0.4 is 0 Å². The Labute approximate surface area is 84.4 Å². The van der Waals surface area contributed by atoms with Crippen molar-refractivity contribution in [3.05, 3.63) is 34.9 Å². The molecule has 1 aromatic rings. The van der Waals surface area contributed by atoms with Gasteiger partial charge in [-0.2, -0.15) is 0 Å². The number of aliphatic hydroxyl groups is 1. The van der Waals surface area contributed by atoms with Gasteiger partial charge in [0.1, 0.15) is 0 Å². The Morgan fingerprint density at radius 2 is 1.85 bits per heavy atom. The lowest BCUT2D eigenvalue weighted by Gasteiger charge is -2.26. The molecule has 1 atom stereocenters. The van der Waals surface area contributed by atoms with E-state index >= 15 is 0 Å². The van der Waals surface area contributed by atoms with E-state index in [1.54, 1.807) is 0 Å². The molecule has 0 fully saturated rings. The maximum atomic E-state index is 9.28. The van der Waals surface area contributed by atoms with Gasteiger partial charge >= 0.3 is 0 Å². The third-order valence-corrected chi connectivity index (χ3v) is 2.92. The van der Waals surface area contributed by atoms with Crippen LogP contribution in [0.3, 0.4) is 0 Å². The fourth-order valence-corrected chi connectivity index (χ4v) is 1.39. The third kappa shape index (κ3) is 2.23. The van der Waals surface area contributed by atoms with Crippen molar-refractivity contribution >= 4 is 11.6 Å². The van der Waals surface area contributed by atoms with Crippen LogP contribution in [0, 0.1) is 0 Å². The summed E-state index contributed by atoms with van der Waals surface area (Å²) in [7, 11) is 0. The van der Waals surface area contributed by atoms with Crippen molar-refractivity contribution in [1.82, 2.24) is 0 Å². The zero-order valence-electron chi connectivity index (χ0n) is 8.05. The molecule has 0 radical (unpaired) electrons. The van der Waals surface area contributed by atoms with E-state index in [4.69, 9.17) is 11.6 Å². The lowest BCUT2D eigenvalue weighted by Crippen LogP contribution is -2.25. The zero-order valence-corrected chi connectivity index (χ0v) is 8.80. The van der Waals surface area contributed by atoms with Gasteiger partial charge in [0.2, 0.25) is 0 Å². The first-order valence-corrected chi connectivity index (χ1v) is 4.87. The molecule has 0 unspecified atom stereocenters. The highest BCUT2D eigenvalue weighted by atomic mass is 35.5. The number of hydrogen-bond acceptors (Lipinski definition) is 1. The van der Waals surface area contributed by atoms with E-state index in [0.717, 1.165) is 17.0 Å². The number of benzene rings is 1. The summed E-state index contributed by atoms with van der Waals surface area (Å²) in [5.74, 6) is 0. The molecule has 13 heavy (non-hydrogen) atoms. The van der Waals surface area contributed by atoms with Crippen LogP contribution in [0.15, 0.2) is 24.3 Å². The number of rotatable bonds is 3. The molecule has 1 rings (SSSR count). The molecule has 0 saturated carbocycles. The first-order chi connectivity index (χ1) is 6.12. The molecule has 0 saturated heterocycles. The Hall–Kier alpha value is -0.530. The van der Waals surface area contributed by atoms with E-state index in [1.807, 2.05) is 24.3 Å². The van der Waals surface area contributed by atoms with Crippen LogP contribution in [-0.2, 0) is 5.41 Å². The lowest BCUT2D eigenvalue weighted by atomic mass is 9.81. The second-order valence-electron chi connectivity index (χ2n) is 3.58. The molecule has 0 aliphatic carbocycles. The molecule has 1 nitrogen and oxygen atoms in total. The number of aliphatic hydroxyl groups excluding tert-OH is 1. The highest BCUT2D eigenvalue weighted by molar-refractivity contribution is 6.30. The van der Waals surface area contributed by atoms with Gasteiger partial charge in [-0.1, -0.05) is 37.6 Å². The predicted molar refractivity (Wildman–Crippen MR) is 56.2 cm³/mol. The van der Waals surface area contributed by atoms with Crippen molar-refractivity contribution in [3.63, 3.8) is 0 Å². The van der Waals surface area contributed by atoms with Gasteiger partial charge in [0, 0.05) is 10.4 Å². The van der Waals surface area contributed by atoms with E-state index in [-0.39, 0.29) is 12.0 Å². The van der Waals surface area contributed by atoms with Crippen molar-refractivity contribution in [2.45, 2.75) is 25.7 Å². The molecule has 72 valence electrons. The van der Waals surface area contributed by atoms with E-state index < -0.39 is 0 Å². The van der Waals surface area contributed by atoms with Crippen LogP contribution in [0.25, 0.3) is 0 Å². The van der Waals surface area contributed by atoms with Gasteiger partial charge < -0.3 is 5.11 Å². The Bertz CT molecular complexity index is 262. The minimum Gasteiger partial charge on any atom is -0.395 e. The standard InChI is InChI=1S/C11H15ClO/c1-3-11(2,8-13)9-4-6-10(12)7-5-9/h4-7,13H,3,8H2,1-2H3/t11-/m1/s1. The molecule has 2 heteroatoms. The van der Waals surface area contributed by atoms with Gasteiger partial charge in [0.15, 0.2) is 0 Å². The monoisotopic (exact) mass is 198 g/mol. The maximum Gasteiger partial charge on any atom is 0.0525 e. The molecule has 0 aromatic heterocycles. The van der Waals surface area contributed by atoms with E-state index in [0.29, 0.717) is 0 Å². The van der Waals surface area contributed by atoms with E-state index in [1.165, 1.54) is 0 Å². The first kappa shape index (κ1) is 10.6. The molecule has 0 heterocycles. The summed E-state index contributed by atoms with van der Waals surface area (Å²) in [6.07, 6.45) is 0.922. The van der Waals surface area contributed by atoms with Gasteiger partial charge in [-0.25, -0.2) is 0 Å². The van der Waals surface area contributed by atoms with Gasteiger partial charge in [-0.05, 0) is 24.1 Å². The Morgan fingerprint density at radius 1 is 1.31 bits per heavy atom. The molecule has 0 spiro atoms. The smallest absolute Gasteiger partial charge is 0.0525 e. The number of halogens is 1. The molecular formula is C11H15ClO. The highest BCUT2D eigenvalue weighted by Crippen LogP contribution is 2.27. The summed E-state index contributed by atoms with van der Waals surface area (Å²) in [5, 5.41) is 10.0. The Balaban J connectivity index is 2.99. The molecule has 0 aliphatic heterocycles. The summed E-state index contributed by atoms with van der Waals surface area (Å²) in [5.41, 5.74) is 1.01. The predicted octanol–water partition coefficient (Wildman–Crippen LogP) is 3.00. The second kappa shape index (κ2) is 4.12. The second-order valence-corrected chi connectivity index (χ2v) is 4.02. The minimum absolute atomic E-state index is 0.134. The van der Waals surface area contributed by atoms with Gasteiger partial charge in [-0.3, -0.25) is 0 Å². The topological polar surface area (TPSA) is 20.2 Å². The molecule has 0 amide bonds. The van der Waals surface area contributed by atoms with Crippen LogP contribution in [0.1, 0.15) is 25.8 Å². The van der Waals surface area contributed by atoms with Crippen LogP contribution in [0.5, 0.6) is 0 Å². The average Bonchev–Trinajstić information content (AvgIpc) is 2.18. The van der Waals surface area contributed by atoms with Gasteiger partial charge in [-0.15, -0.1) is 0 Å². The Morgan fingerprint density at radius 3 is 2.23 bits per heavy atom. The number of hydrogen-bond donors (Lipinski definition) is 1. The zero-order chi connectivity index (χ0) is 9.90. The maximum absolute atomic E-state index is 9.28. The van der Waals surface area contributed by atoms with Gasteiger partial charge in [0.05, 0.1) is 6.61 Å². The SMILES string of the molecule is CC[C@](C)(CO)c1ccc(Cl)cc1. The van der Waals surface area contributed by atoms with Crippen molar-refractivity contribution in [1.29, 1.82) is 0 Å². The van der Waals surface area contributed by atoms with Gasteiger partial charge in [0.25, 0.3) is 0 Å². The van der Waals surface area contributed by atoms with Crippen LogP contribution in [0.2, 0.25) is 5.02 Å².